The molecule has 0 fully saturated rings. The van der Waals surface area contributed by atoms with Crippen molar-refractivity contribution in [2.45, 2.75) is 0 Å². The molecular formula is C23H26N2O8. The van der Waals surface area contributed by atoms with Gasteiger partial charge in [-0.2, -0.15) is 0 Å². The molecule has 0 radical (unpaired) electrons. The Labute approximate surface area is 190 Å². The van der Waals surface area contributed by atoms with Gasteiger partial charge in [0.1, 0.15) is 0 Å². The van der Waals surface area contributed by atoms with E-state index in [1.54, 1.807) is 24.3 Å². The van der Waals surface area contributed by atoms with Crippen LogP contribution in [0.5, 0.6) is 28.7 Å². The first kappa shape index (κ1) is 23.6. The van der Waals surface area contributed by atoms with Crippen LogP contribution in [0.15, 0.2) is 29.1 Å². The maximum absolute atomic E-state index is 13.3. The summed E-state index contributed by atoms with van der Waals surface area (Å²) in [5.41, 5.74) is 3.20. The van der Waals surface area contributed by atoms with Gasteiger partial charge in [0.15, 0.2) is 28.7 Å². The topological polar surface area (TPSA) is 106 Å². The number of benzene rings is 2. The molecule has 0 saturated carbocycles. The van der Waals surface area contributed by atoms with E-state index in [9.17, 15) is 9.59 Å². The van der Waals surface area contributed by atoms with Crippen LogP contribution in [0.3, 0.4) is 0 Å². The summed E-state index contributed by atoms with van der Waals surface area (Å²) in [4.78, 5) is 26.3. The second-order valence-corrected chi connectivity index (χ2v) is 6.75. The van der Waals surface area contributed by atoms with Gasteiger partial charge in [0.2, 0.25) is 5.75 Å². The van der Waals surface area contributed by atoms with Crippen molar-refractivity contribution in [3.05, 3.63) is 40.3 Å². The summed E-state index contributed by atoms with van der Waals surface area (Å²) in [6.07, 6.45) is 0. The molecule has 3 aromatic rings. The van der Waals surface area contributed by atoms with Crippen LogP contribution >= 0.6 is 0 Å². The number of hydrogen-bond acceptors (Lipinski definition) is 9. The number of nitrogens with zero attached hydrogens (tertiary/aromatic N) is 1. The highest BCUT2D eigenvalue weighted by Gasteiger charge is 2.27. The Balaban J connectivity index is 2.62. The average molecular weight is 458 g/mol. The fourth-order valence-electron chi connectivity index (χ4n) is 3.75. The highest BCUT2D eigenvalue weighted by molar-refractivity contribution is 6.08. The largest absolute Gasteiger partial charge is 0.493 e. The number of pyridine rings is 1. The molecule has 1 N–H and O–H groups in total. The molecule has 10 heteroatoms. The fraction of sp³-hybridized carbons (Fsp3) is 0.304. The molecule has 2 aromatic carbocycles. The van der Waals surface area contributed by atoms with Crippen LogP contribution in [0.25, 0.3) is 21.9 Å². The van der Waals surface area contributed by atoms with Crippen LogP contribution in [-0.4, -0.2) is 60.4 Å². The van der Waals surface area contributed by atoms with Crippen molar-refractivity contribution in [3.63, 3.8) is 0 Å². The first-order chi connectivity index (χ1) is 15.9. The van der Waals surface area contributed by atoms with Crippen LogP contribution < -0.4 is 34.7 Å². The Kier molecular flexibility index (Phi) is 6.86. The second-order valence-electron chi connectivity index (χ2n) is 6.75. The maximum atomic E-state index is 13.3. The van der Waals surface area contributed by atoms with Crippen molar-refractivity contribution in [1.29, 1.82) is 0 Å². The minimum Gasteiger partial charge on any atom is -0.493 e. The average Bonchev–Trinajstić information content (AvgIpc) is 2.86. The number of nitrogens with one attached hydrogen (secondary N) is 1. The van der Waals surface area contributed by atoms with Crippen molar-refractivity contribution in [2.75, 3.05) is 55.1 Å². The van der Waals surface area contributed by atoms with Crippen molar-refractivity contribution in [1.82, 2.24) is 4.68 Å². The number of aromatic nitrogens is 1. The van der Waals surface area contributed by atoms with Gasteiger partial charge < -0.3 is 33.8 Å². The molecule has 0 amide bonds. The van der Waals surface area contributed by atoms with E-state index in [0.29, 0.717) is 50.6 Å². The summed E-state index contributed by atoms with van der Waals surface area (Å²) >= 11 is 0. The third kappa shape index (κ3) is 3.84. The van der Waals surface area contributed by atoms with Crippen LogP contribution in [0, 0.1) is 0 Å². The number of carbonyl (C=O) groups excluding carboxylic acids is 1. The number of carbonyl (C=O) groups is 1. The van der Waals surface area contributed by atoms with E-state index in [1.807, 2.05) is 0 Å². The van der Waals surface area contributed by atoms with Gasteiger partial charge in [0.25, 0.3) is 5.56 Å². The number of esters is 1. The van der Waals surface area contributed by atoms with E-state index in [2.05, 4.69) is 5.43 Å². The Bertz CT molecular complexity index is 1240. The maximum Gasteiger partial charge on any atom is 0.357 e. The van der Waals surface area contributed by atoms with E-state index < -0.39 is 11.5 Å². The molecule has 1 heterocycles. The molecule has 0 aliphatic carbocycles. The third-order valence-corrected chi connectivity index (χ3v) is 5.24. The van der Waals surface area contributed by atoms with Gasteiger partial charge >= 0.3 is 5.97 Å². The quantitative estimate of drug-likeness (QED) is 0.510. The van der Waals surface area contributed by atoms with Gasteiger partial charge in [0.05, 0.1) is 48.0 Å². The second kappa shape index (κ2) is 9.60. The Morgan fingerprint density at radius 2 is 1.27 bits per heavy atom. The summed E-state index contributed by atoms with van der Waals surface area (Å²) in [5.74, 6) is 1.16. The molecule has 0 unspecified atom stereocenters. The van der Waals surface area contributed by atoms with Gasteiger partial charge in [-0.1, -0.05) is 0 Å². The zero-order valence-corrected chi connectivity index (χ0v) is 19.5. The first-order valence-electron chi connectivity index (χ1n) is 9.81. The predicted molar refractivity (Wildman–Crippen MR) is 123 cm³/mol. The van der Waals surface area contributed by atoms with E-state index >= 15 is 0 Å². The zero-order chi connectivity index (χ0) is 24.3. The predicted octanol–water partition coefficient (Wildman–Crippen LogP) is 2.67. The van der Waals surface area contributed by atoms with Gasteiger partial charge in [-0.3, -0.25) is 4.79 Å². The van der Waals surface area contributed by atoms with Crippen LogP contribution in [0.2, 0.25) is 0 Å². The molecule has 0 atom stereocenters. The monoisotopic (exact) mass is 458 g/mol. The van der Waals surface area contributed by atoms with Crippen LogP contribution in [0.4, 0.5) is 0 Å². The van der Waals surface area contributed by atoms with E-state index in [1.165, 1.54) is 49.7 Å². The number of rotatable bonds is 8. The fourth-order valence-corrected chi connectivity index (χ4v) is 3.75. The van der Waals surface area contributed by atoms with Gasteiger partial charge in [0, 0.05) is 18.0 Å². The van der Waals surface area contributed by atoms with Crippen molar-refractivity contribution >= 4 is 16.7 Å². The summed E-state index contributed by atoms with van der Waals surface area (Å²) in [7, 11) is 10.2. The van der Waals surface area contributed by atoms with Crippen LogP contribution in [-0.2, 0) is 4.74 Å². The molecule has 33 heavy (non-hydrogen) atoms. The number of ether oxygens (including phenoxy) is 6. The highest BCUT2D eigenvalue weighted by Crippen LogP contribution is 2.44. The van der Waals surface area contributed by atoms with Gasteiger partial charge in [-0.25, -0.2) is 9.47 Å². The van der Waals surface area contributed by atoms with E-state index in [0.717, 1.165) is 4.68 Å². The molecule has 0 bridgehead atoms. The lowest BCUT2D eigenvalue weighted by molar-refractivity contribution is 0.0590. The van der Waals surface area contributed by atoms with Gasteiger partial charge in [-0.05, 0) is 29.8 Å². The molecule has 0 aliphatic heterocycles. The van der Waals surface area contributed by atoms with Crippen molar-refractivity contribution in [3.8, 4) is 39.9 Å². The molecule has 0 spiro atoms. The van der Waals surface area contributed by atoms with Crippen molar-refractivity contribution in [2.24, 2.45) is 0 Å². The number of hydrogen-bond donors (Lipinski definition) is 1. The molecule has 1 aromatic heterocycles. The molecule has 0 saturated heterocycles. The molecule has 3 rings (SSSR count). The van der Waals surface area contributed by atoms with Gasteiger partial charge in [-0.15, -0.1) is 0 Å². The molecule has 10 nitrogen and oxygen atoms in total. The van der Waals surface area contributed by atoms with Crippen molar-refractivity contribution < 1.29 is 33.2 Å². The zero-order valence-electron chi connectivity index (χ0n) is 19.5. The van der Waals surface area contributed by atoms with Crippen LogP contribution in [0.1, 0.15) is 10.5 Å². The highest BCUT2D eigenvalue weighted by atomic mass is 16.5. The van der Waals surface area contributed by atoms with E-state index in [4.69, 9.17) is 28.4 Å². The number of fused-ring (bicyclic) bond motifs is 1. The minimum absolute atomic E-state index is 0.0148. The lowest BCUT2D eigenvalue weighted by Crippen LogP contribution is -2.33. The molecule has 0 aliphatic rings. The summed E-state index contributed by atoms with van der Waals surface area (Å²) < 4.78 is 33.4. The lowest BCUT2D eigenvalue weighted by Gasteiger charge is -2.21. The summed E-state index contributed by atoms with van der Waals surface area (Å²) in [6, 6.07) is 6.57. The summed E-state index contributed by atoms with van der Waals surface area (Å²) in [6.45, 7) is 0. The normalized spacial score (nSPS) is 10.5. The first-order valence-corrected chi connectivity index (χ1v) is 9.81. The number of methoxy groups -OCH3 is 6. The Morgan fingerprint density at radius 3 is 1.70 bits per heavy atom. The Hall–Kier alpha value is -4.08. The Morgan fingerprint density at radius 1 is 0.758 bits per heavy atom. The smallest absolute Gasteiger partial charge is 0.357 e. The molecular weight excluding hydrogens is 432 g/mol. The third-order valence-electron chi connectivity index (χ3n) is 5.24. The molecule has 176 valence electrons. The van der Waals surface area contributed by atoms with E-state index in [-0.39, 0.29) is 5.69 Å². The minimum atomic E-state index is -0.720. The lowest BCUT2D eigenvalue weighted by atomic mass is 9.95. The summed E-state index contributed by atoms with van der Waals surface area (Å²) in [5, 5.41) is 0.734. The standard InChI is InChI=1S/C23H26N2O8/c1-24-25-20(23(27)33-7)19(12-8-17(30-4)21(32-6)18(9-12)31-5)13-10-15(28-2)16(29-3)11-14(13)22(25)26/h8-11,24H,1-7H3. The SMILES string of the molecule is CNn1c(C(=O)OC)c(-c2cc(OC)c(OC)c(OC)c2)c2cc(OC)c(OC)cc2c1=O.